The van der Waals surface area contributed by atoms with Crippen LogP contribution in [0.2, 0.25) is 0 Å². The van der Waals surface area contributed by atoms with Crippen molar-refractivity contribution < 1.29 is 18.2 Å². The molecule has 2 aromatic rings. The van der Waals surface area contributed by atoms with Gasteiger partial charge in [0.2, 0.25) is 0 Å². The van der Waals surface area contributed by atoms with Crippen molar-refractivity contribution in [3.8, 4) is 0 Å². The van der Waals surface area contributed by atoms with E-state index in [-0.39, 0.29) is 18.2 Å². The first kappa shape index (κ1) is 19.9. The number of nitrogens with zero attached hydrogens (tertiary/aromatic N) is 3. The molecule has 27 heavy (non-hydrogen) atoms. The molecule has 1 aliphatic heterocycles. The first-order valence-electron chi connectivity index (χ1n) is 9.03. The number of anilines is 1. The lowest BCUT2D eigenvalue weighted by atomic mass is 9.93. The van der Waals surface area contributed by atoms with Crippen molar-refractivity contribution >= 4 is 35.0 Å². The molecule has 1 N–H and O–H groups in total. The molecule has 1 amide bonds. The van der Waals surface area contributed by atoms with Crippen molar-refractivity contribution in [1.82, 2.24) is 14.3 Å². The number of fused-ring (bicyclic) bond motifs is 3. The molecule has 1 saturated carbocycles. The molecule has 0 radical (unpaired) electrons. The van der Waals surface area contributed by atoms with Crippen molar-refractivity contribution in [2.75, 3.05) is 32.6 Å². The van der Waals surface area contributed by atoms with Gasteiger partial charge in [-0.2, -0.15) is 0 Å². The van der Waals surface area contributed by atoms with Gasteiger partial charge in [0.15, 0.2) is 18.0 Å². The van der Waals surface area contributed by atoms with E-state index < -0.39 is 0 Å². The molecule has 3 heterocycles. The predicted octanol–water partition coefficient (Wildman–Crippen LogP) is 3.49. The second-order valence-corrected chi connectivity index (χ2v) is 7.12. The summed E-state index contributed by atoms with van der Waals surface area (Å²) in [5.41, 5.74) is 2.07. The predicted molar refractivity (Wildman–Crippen MR) is 104 cm³/mol. The Labute approximate surface area is 162 Å². The van der Waals surface area contributed by atoms with Crippen molar-refractivity contribution in [2.45, 2.75) is 38.1 Å². The lowest BCUT2D eigenvalue weighted by Crippen LogP contribution is -2.49. The van der Waals surface area contributed by atoms with E-state index in [9.17, 15) is 8.68 Å². The van der Waals surface area contributed by atoms with E-state index in [1.54, 1.807) is 26.6 Å². The third-order valence-corrected chi connectivity index (χ3v) is 5.36. The summed E-state index contributed by atoms with van der Waals surface area (Å²) in [5, 5.41) is 3.78. The topological polar surface area (TPSA) is 68.6 Å². The lowest BCUT2D eigenvalue weighted by Gasteiger charge is -2.39. The SMILES string of the molecule is COCOC.O=C1NCN(C2CCCCC2)c2c1cnc1c2ccn1SF. The Morgan fingerprint density at radius 3 is 2.67 bits per heavy atom. The average molecular weight is 396 g/mol. The van der Waals surface area contributed by atoms with Gasteiger partial charge in [-0.1, -0.05) is 19.3 Å². The van der Waals surface area contributed by atoms with Crippen molar-refractivity contribution in [1.29, 1.82) is 0 Å². The first-order valence-corrected chi connectivity index (χ1v) is 9.70. The van der Waals surface area contributed by atoms with Crippen LogP contribution in [0, 0.1) is 0 Å². The van der Waals surface area contributed by atoms with Crippen LogP contribution in [-0.4, -0.2) is 48.6 Å². The number of carbonyl (C=O) groups excluding carboxylic acids is 1. The summed E-state index contributed by atoms with van der Waals surface area (Å²) in [7, 11) is 3.17. The fraction of sp³-hybridized carbons (Fsp3) is 0.556. The zero-order chi connectivity index (χ0) is 19.2. The van der Waals surface area contributed by atoms with Crippen LogP contribution in [0.3, 0.4) is 0 Å². The third-order valence-electron chi connectivity index (χ3n) is 4.92. The van der Waals surface area contributed by atoms with Gasteiger partial charge in [-0.25, -0.2) is 8.96 Å². The Morgan fingerprint density at radius 1 is 1.30 bits per heavy atom. The zero-order valence-electron chi connectivity index (χ0n) is 15.6. The Kier molecular flexibility index (Phi) is 6.92. The van der Waals surface area contributed by atoms with E-state index in [1.807, 2.05) is 6.07 Å². The highest BCUT2D eigenvalue weighted by Gasteiger charge is 2.31. The number of ether oxygens (including phenoxy) is 2. The Morgan fingerprint density at radius 2 is 2.04 bits per heavy atom. The minimum Gasteiger partial charge on any atom is -0.359 e. The Hall–Kier alpha value is -1.84. The Balaban J connectivity index is 0.000000376. The van der Waals surface area contributed by atoms with Crippen LogP contribution in [0.25, 0.3) is 11.0 Å². The molecular formula is C18H25FN4O3S. The maximum absolute atomic E-state index is 13.0. The molecular weight excluding hydrogens is 371 g/mol. The fourth-order valence-electron chi connectivity index (χ4n) is 3.73. The summed E-state index contributed by atoms with van der Waals surface area (Å²) in [5.74, 6) is -0.0999. The van der Waals surface area contributed by atoms with Gasteiger partial charge in [0, 0.05) is 38.0 Å². The number of nitrogens with one attached hydrogen (secondary N) is 1. The Bertz CT molecular complexity index is 777. The second-order valence-electron chi connectivity index (χ2n) is 6.59. The van der Waals surface area contributed by atoms with Gasteiger partial charge in [0.25, 0.3) is 5.91 Å². The van der Waals surface area contributed by atoms with Crippen LogP contribution in [0.5, 0.6) is 0 Å². The number of hydrogen-bond acceptors (Lipinski definition) is 6. The van der Waals surface area contributed by atoms with Crippen LogP contribution in [-0.2, 0) is 9.47 Å². The highest BCUT2D eigenvalue weighted by atomic mass is 32.2. The van der Waals surface area contributed by atoms with E-state index in [1.165, 1.54) is 23.2 Å². The van der Waals surface area contributed by atoms with E-state index in [0.717, 1.165) is 23.9 Å². The molecule has 7 nitrogen and oxygen atoms in total. The smallest absolute Gasteiger partial charge is 0.256 e. The number of hydrogen-bond donors (Lipinski definition) is 1. The molecule has 0 atom stereocenters. The van der Waals surface area contributed by atoms with Crippen LogP contribution in [0.4, 0.5) is 9.57 Å². The highest BCUT2D eigenvalue weighted by Crippen LogP contribution is 2.37. The maximum Gasteiger partial charge on any atom is 0.256 e. The van der Waals surface area contributed by atoms with E-state index >= 15 is 0 Å². The van der Waals surface area contributed by atoms with E-state index in [4.69, 9.17) is 0 Å². The van der Waals surface area contributed by atoms with E-state index in [2.05, 4.69) is 24.7 Å². The highest BCUT2D eigenvalue weighted by molar-refractivity contribution is 7.92. The minimum absolute atomic E-state index is 0.0999. The average Bonchev–Trinajstić information content (AvgIpc) is 3.13. The van der Waals surface area contributed by atoms with Crippen molar-refractivity contribution in [2.24, 2.45) is 0 Å². The standard InChI is InChI=1S/C15H17FN4OS.C3H8O2/c16-22-20-7-6-11-13-12(8-17-14(11)20)15(21)18-9-19(13)10-4-2-1-3-5-10;1-4-3-5-2/h6-8,10H,1-5,9H2,(H,18,21);3H2,1-2H3. The number of aromatic nitrogens is 2. The summed E-state index contributed by atoms with van der Waals surface area (Å²) in [6, 6.07) is 2.28. The van der Waals surface area contributed by atoms with Crippen LogP contribution >= 0.6 is 12.3 Å². The minimum atomic E-state index is -0.0999. The first-order chi connectivity index (χ1) is 13.2. The van der Waals surface area contributed by atoms with Crippen LogP contribution in [0.15, 0.2) is 18.5 Å². The number of halogens is 1. The second kappa shape index (κ2) is 9.38. The van der Waals surface area contributed by atoms with Gasteiger partial charge in [-0.3, -0.25) is 4.79 Å². The van der Waals surface area contributed by atoms with Crippen molar-refractivity contribution in [3.05, 3.63) is 24.0 Å². The maximum atomic E-state index is 13.0. The summed E-state index contributed by atoms with van der Waals surface area (Å²) in [6.45, 7) is 0.906. The van der Waals surface area contributed by atoms with Crippen LogP contribution in [0.1, 0.15) is 42.5 Å². The number of pyridine rings is 1. The number of methoxy groups -OCH3 is 2. The summed E-state index contributed by atoms with van der Waals surface area (Å²) in [4.78, 5) is 18.7. The molecule has 4 rings (SSSR count). The number of rotatable bonds is 4. The number of amides is 1. The monoisotopic (exact) mass is 396 g/mol. The van der Waals surface area contributed by atoms with Gasteiger partial charge < -0.3 is 19.7 Å². The molecule has 9 heteroatoms. The summed E-state index contributed by atoms with van der Waals surface area (Å²) < 4.78 is 23.3. The molecule has 0 aromatic carbocycles. The third kappa shape index (κ3) is 4.20. The molecule has 0 spiro atoms. The van der Waals surface area contributed by atoms with Gasteiger partial charge >= 0.3 is 0 Å². The fourth-order valence-corrected chi connectivity index (χ4v) is 4.05. The van der Waals surface area contributed by atoms with Gasteiger partial charge in [0.1, 0.15) is 6.79 Å². The molecule has 0 saturated heterocycles. The van der Waals surface area contributed by atoms with Crippen LogP contribution < -0.4 is 10.2 Å². The normalized spacial score (nSPS) is 17.3. The zero-order valence-corrected chi connectivity index (χ0v) is 16.4. The molecule has 0 unspecified atom stereocenters. The molecule has 1 fully saturated rings. The largest absolute Gasteiger partial charge is 0.359 e. The van der Waals surface area contributed by atoms with Gasteiger partial charge in [0.05, 0.1) is 17.9 Å². The molecule has 2 aromatic heterocycles. The molecule has 1 aliphatic carbocycles. The molecule has 2 aliphatic rings. The van der Waals surface area contributed by atoms with Gasteiger partial charge in [-0.15, -0.1) is 3.89 Å². The molecule has 0 bridgehead atoms. The summed E-state index contributed by atoms with van der Waals surface area (Å²) >= 11 is 0.128. The number of carbonyl (C=O) groups is 1. The lowest BCUT2D eigenvalue weighted by molar-refractivity contribution is -0.00272. The van der Waals surface area contributed by atoms with Crippen molar-refractivity contribution in [3.63, 3.8) is 0 Å². The van der Waals surface area contributed by atoms with E-state index in [0.29, 0.717) is 30.7 Å². The summed E-state index contributed by atoms with van der Waals surface area (Å²) in [6.07, 6.45) is 9.22. The quantitative estimate of drug-likeness (QED) is 0.798. The molecule has 148 valence electrons. The van der Waals surface area contributed by atoms with Gasteiger partial charge in [-0.05, 0) is 18.9 Å².